The van der Waals surface area contributed by atoms with E-state index >= 15 is 13.6 Å². The number of halogens is 2. The molecule has 0 aliphatic heterocycles. The van der Waals surface area contributed by atoms with Crippen LogP contribution in [0.1, 0.15) is 103 Å². The highest BCUT2D eigenvalue weighted by molar-refractivity contribution is 6.24. The number of nitrogens with zero attached hydrogens (tertiary/aromatic N) is 3. The molecule has 326 valence electrons. The smallest absolute Gasteiger partial charge is 0.408 e. The van der Waals surface area contributed by atoms with Gasteiger partial charge < -0.3 is 32.2 Å². The number of nitrogens with one attached hydrogen (secondary N) is 2. The molecule has 4 rings (SSSR count). The molecule has 1 saturated carbocycles. The Hall–Kier alpha value is -5.26. The number of aromatic amines is 1. The van der Waals surface area contributed by atoms with Crippen LogP contribution in [-0.4, -0.2) is 90.3 Å². The molecule has 0 radical (unpaired) electrons. The molecule has 0 saturated heterocycles. The number of ether oxygens (including phenoxy) is 1. The number of rotatable bonds is 19. The van der Waals surface area contributed by atoms with Crippen molar-refractivity contribution in [1.29, 1.82) is 0 Å². The van der Waals surface area contributed by atoms with Gasteiger partial charge in [0, 0.05) is 30.9 Å². The number of Topliss-reactive ketones (excluding diaryl/α,β-unsaturated/α-hetero) is 3. The van der Waals surface area contributed by atoms with Gasteiger partial charge in [-0.15, -0.1) is 0 Å². The Morgan fingerprint density at radius 3 is 2.18 bits per heavy atom. The van der Waals surface area contributed by atoms with Crippen molar-refractivity contribution in [2.24, 2.45) is 29.0 Å². The van der Waals surface area contributed by atoms with E-state index in [1.807, 2.05) is 0 Å². The summed E-state index contributed by atoms with van der Waals surface area (Å²) in [5, 5.41) is 2.38. The maximum atomic E-state index is 17.4. The van der Waals surface area contributed by atoms with Crippen molar-refractivity contribution < 1.29 is 42.3 Å². The highest BCUT2D eigenvalue weighted by Crippen LogP contribution is 2.37. The number of alkyl carbamates (subject to hydrolysis) is 1. The van der Waals surface area contributed by atoms with Crippen LogP contribution in [0.4, 0.5) is 13.6 Å². The molecule has 2 aromatic heterocycles. The van der Waals surface area contributed by atoms with E-state index in [0.29, 0.717) is 43.4 Å². The van der Waals surface area contributed by atoms with Crippen LogP contribution < -0.4 is 22.5 Å². The van der Waals surface area contributed by atoms with Crippen LogP contribution in [-0.2, 0) is 41.6 Å². The second-order valence-corrected chi connectivity index (χ2v) is 16.7. The van der Waals surface area contributed by atoms with Crippen molar-refractivity contribution in [3.05, 3.63) is 84.2 Å². The Labute approximate surface area is 349 Å². The van der Waals surface area contributed by atoms with Crippen molar-refractivity contribution >= 4 is 35.3 Å². The number of ketones is 3. The number of benzene rings is 1. The van der Waals surface area contributed by atoms with Crippen LogP contribution in [0.2, 0.25) is 0 Å². The van der Waals surface area contributed by atoms with Crippen LogP contribution in [0.25, 0.3) is 0 Å². The number of H-pyrrole nitrogens is 1. The van der Waals surface area contributed by atoms with E-state index in [0.717, 1.165) is 6.42 Å². The van der Waals surface area contributed by atoms with Crippen LogP contribution in [0, 0.1) is 11.8 Å². The Bertz CT molecular complexity index is 1940. The summed E-state index contributed by atoms with van der Waals surface area (Å²) < 4.78 is 40.1. The van der Waals surface area contributed by atoms with Crippen LogP contribution in [0.5, 0.6) is 0 Å². The van der Waals surface area contributed by atoms with Gasteiger partial charge in [-0.25, -0.2) is 9.78 Å². The first kappa shape index (κ1) is 47.4. The fourth-order valence-corrected chi connectivity index (χ4v) is 7.41. The van der Waals surface area contributed by atoms with E-state index < -0.39 is 94.7 Å². The molecule has 1 aromatic carbocycles. The number of pyridine rings is 1. The molecule has 8 N–H and O–H groups in total. The molecule has 3 amide bonds. The van der Waals surface area contributed by atoms with Gasteiger partial charge in [-0.2, -0.15) is 8.78 Å². The molecule has 2 heterocycles. The Balaban J connectivity index is 1.92. The number of aromatic nitrogens is 3. The second kappa shape index (κ2) is 20.3. The van der Waals surface area contributed by atoms with Gasteiger partial charge in [0.15, 0.2) is 11.6 Å². The molecular formula is C43H58F2N8O7. The molecule has 3 aromatic rings. The molecule has 0 spiro atoms. The summed E-state index contributed by atoms with van der Waals surface area (Å²) in [6.45, 7) is 8.03. The fourth-order valence-electron chi connectivity index (χ4n) is 7.41. The van der Waals surface area contributed by atoms with Gasteiger partial charge in [0.05, 0.1) is 24.1 Å². The lowest BCUT2D eigenvalue weighted by Crippen LogP contribution is -2.69. The number of imide groups is 1. The molecule has 17 heteroatoms. The molecule has 15 nitrogen and oxygen atoms in total. The van der Waals surface area contributed by atoms with Crippen molar-refractivity contribution in [3.8, 4) is 0 Å². The summed E-state index contributed by atoms with van der Waals surface area (Å²) in [6.07, 6.45) is 5.10. The van der Waals surface area contributed by atoms with Crippen LogP contribution in [0.3, 0.4) is 0 Å². The Kier molecular flexibility index (Phi) is 16.1. The highest BCUT2D eigenvalue weighted by Gasteiger charge is 2.62. The number of imidazole rings is 1. The lowest BCUT2D eigenvalue weighted by molar-refractivity contribution is -0.176. The zero-order valence-corrected chi connectivity index (χ0v) is 34.9. The normalized spacial score (nSPS) is 17.2. The van der Waals surface area contributed by atoms with Gasteiger partial charge in [-0.3, -0.25) is 33.9 Å². The lowest BCUT2D eigenvalue weighted by Gasteiger charge is -2.38. The first-order chi connectivity index (χ1) is 28.2. The van der Waals surface area contributed by atoms with Gasteiger partial charge in [-0.1, -0.05) is 88.8 Å². The first-order valence-electron chi connectivity index (χ1n) is 20.3. The Morgan fingerprint density at radius 2 is 1.62 bits per heavy atom. The van der Waals surface area contributed by atoms with Crippen LogP contribution in [0.15, 0.2) is 67.3 Å². The predicted molar refractivity (Wildman–Crippen MR) is 218 cm³/mol. The number of amides is 3. The van der Waals surface area contributed by atoms with E-state index in [4.69, 9.17) is 21.9 Å². The minimum atomic E-state index is -5.24. The van der Waals surface area contributed by atoms with Gasteiger partial charge in [-0.05, 0) is 56.7 Å². The monoisotopic (exact) mass is 836 g/mol. The van der Waals surface area contributed by atoms with Crippen LogP contribution >= 0.6 is 0 Å². The third-order valence-electron chi connectivity index (χ3n) is 10.9. The van der Waals surface area contributed by atoms with E-state index in [1.54, 1.807) is 65.0 Å². The van der Waals surface area contributed by atoms with Crippen molar-refractivity contribution in [2.45, 2.75) is 134 Å². The molecule has 60 heavy (non-hydrogen) atoms. The topological polar surface area (TPSA) is 247 Å². The number of alkyl halides is 2. The molecule has 1 aliphatic rings. The standard InChI is InChI=1S/C43H58F2N8O7/c1-6-26(2)33(47)35(54)34(31-19-13-14-20-50-31)53(37(56)32(21-27-15-9-7-10-16-27)52-40(59)60-41(3,4)5)39(58)43(44,45)38(57)42(48,23-28-17-11-8-12-18-28)36(55)30(46)22-29-24-49-25-51-29/h7,9-10,13-16,19-20,24-26,28,30,32-34H,6,8,11-12,17-18,21-23,46-48H2,1-5H3,(H,49,51)(H,52,59)/t26-,30+,32-,33-,34?,42?/m0/s1. The summed E-state index contributed by atoms with van der Waals surface area (Å²) in [6, 6.07) is 5.14. The molecule has 1 fully saturated rings. The second-order valence-electron chi connectivity index (χ2n) is 16.7. The maximum absolute atomic E-state index is 17.4. The summed E-state index contributed by atoms with van der Waals surface area (Å²) >= 11 is 0. The van der Waals surface area contributed by atoms with E-state index in [9.17, 15) is 24.0 Å². The third-order valence-corrected chi connectivity index (χ3v) is 10.9. The highest BCUT2D eigenvalue weighted by atomic mass is 19.3. The fraction of sp³-hybridized carbons (Fsp3) is 0.535. The molecule has 6 atom stereocenters. The number of hydrogen-bond donors (Lipinski definition) is 5. The predicted octanol–water partition coefficient (Wildman–Crippen LogP) is 4.29. The summed E-state index contributed by atoms with van der Waals surface area (Å²) in [7, 11) is 0. The van der Waals surface area contributed by atoms with Crippen molar-refractivity contribution in [1.82, 2.24) is 25.2 Å². The van der Waals surface area contributed by atoms with Crippen molar-refractivity contribution in [2.75, 3.05) is 0 Å². The first-order valence-corrected chi connectivity index (χ1v) is 20.3. The largest absolute Gasteiger partial charge is 0.444 e. The average Bonchev–Trinajstić information content (AvgIpc) is 3.74. The third kappa shape index (κ3) is 11.7. The zero-order chi connectivity index (χ0) is 44.4. The zero-order valence-electron chi connectivity index (χ0n) is 34.9. The Morgan fingerprint density at radius 1 is 0.967 bits per heavy atom. The van der Waals surface area contributed by atoms with E-state index in [1.165, 1.54) is 36.9 Å². The van der Waals surface area contributed by atoms with Gasteiger partial charge in [0.1, 0.15) is 23.2 Å². The summed E-state index contributed by atoms with van der Waals surface area (Å²) in [4.78, 5) is 97.3. The molecule has 1 aliphatic carbocycles. The van der Waals surface area contributed by atoms with Gasteiger partial charge in [0.2, 0.25) is 5.78 Å². The lowest BCUT2D eigenvalue weighted by atomic mass is 9.72. The molecule has 0 bridgehead atoms. The van der Waals surface area contributed by atoms with Gasteiger partial charge in [0.25, 0.3) is 5.91 Å². The SMILES string of the molecule is CC[C@H](C)[C@H](N)C(=O)C(c1ccccn1)N(C(=O)[C@H](Cc1ccccc1)NC(=O)OC(C)(C)C)C(=O)C(F)(F)C(=O)C(N)(CC1CCCCC1)C(=O)[C@H](N)Cc1cnc[nH]1. The maximum Gasteiger partial charge on any atom is 0.408 e. The summed E-state index contributed by atoms with van der Waals surface area (Å²) in [5.74, 6) is -14.9. The molecular weight excluding hydrogens is 779 g/mol. The number of hydrogen-bond acceptors (Lipinski definition) is 12. The number of carbonyl (C=O) groups excluding carboxylic acids is 6. The summed E-state index contributed by atoms with van der Waals surface area (Å²) in [5.41, 5.74) is 15.6. The van der Waals surface area contributed by atoms with Gasteiger partial charge >= 0.3 is 17.9 Å². The average molecular weight is 837 g/mol. The van der Waals surface area contributed by atoms with Crippen molar-refractivity contribution in [3.63, 3.8) is 0 Å². The number of nitrogens with two attached hydrogens (primary N) is 3. The quantitative estimate of drug-likeness (QED) is 0.106. The van der Waals surface area contributed by atoms with E-state index in [2.05, 4.69) is 20.3 Å². The minimum Gasteiger partial charge on any atom is -0.444 e. The molecule has 2 unspecified atom stereocenters. The number of carbonyl (C=O) groups is 6. The minimum absolute atomic E-state index is 0.0637. The van der Waals surface area contributed by atoms with E-state index in [-0.39, 0.29) is 23.4 Å².